The Kier molecular flexibility index (Phi) is 4.88. The monoisotopic (exact) mass is 353 g/mol. The van der Waals surface area contributed by atoms with E-state index in [9.17, 15) is 14.4 Å². The number of fused-ring (bicyclic) bond motifs is 1. The lowest BCUT2D eigenvalue weighted by molar-refractivity contribution is -0.143. The van der Waals surface area contributed by atoms with Gasteiger partial charge in [-0.25, -0.2) is 4.79 Å². The predicted octanol–water partition coefficient (Wildman–Crippen LogP) is 1.36. The highest BCUT2D eigenvalue weighted by Crippen LogP contribution is 2.10. The zero-order chi connectivity index (χ0) is 18.7. The third-order valence-corrected chi connectivity index (χ3v) is 4.05. The highest BCUT2D eigenvalue weighted by Gasteiger charge is 2.15. The van der Waals surface area contributed by atoms with Crippen LogP contribution in [0.2, 0.25) is 0 Å². The minimum absolute atomic E-state index is 0.0889. The molecule has 0 fully saturated rings. The summed E-state index contributed by atoms with van der Waals surface area (Å²) in [5, 5.41) is 0.367. The van der Waals surface area contributed by atoms with E-state index < -0.39 is 17.2 Å². The molecule has 26 heavy (non-hydrogen) atoms. The van der Waals surface area contributed by atoms with Crippen LogP contribution in [0.4, 0.5) is 5.69 Å². The average Bonchev–Trinajstić information content (AvgIpc) is 2.64. The third kappa shape index (κ3) is 3.37. The zero-order valence-corrected chi connectivity index (χ0v) is 14.3. The van der Waals surface area contributed by atoms with Crippen molar-refractivity contribution in [1.82, 2.24) is 9.13 Å². The molecule has 0 spiro atoms. The van der Waals surface area contributed by atoms with Crippen molar-refractivity contribution < 1.29 is 9.53 Å². The molecule has 0 aliphatic rings. The number of anilines is 1. The third-order valence-electron chi connectivity index (χ3n) is 4.05. The van der Waals surface area contributed by atoms with E-state index in [1.807, 2.05) is 0 Å². The lowest BCUT2D eigenvalue weighted by Gasteiger charge is -2.13. The summed E-state index contributed by atoms with van der Waals surface area (Å²) in [6, 6.07) is 13.6. The Balaban J connectivity index is 2.16. The van der Waals surface area contributed by atoms with Gasteiger partial charge in [-0.15, -0.1) is 0 Å². The van der Waals surface area contributed by atoms with Crippen LogP contribution in [0.25, 0.3) is 10.9 Å². The van der Waals surface area contributed by atoms with Crippen LogP contribution in [0, 0.1) is 0 Å². The molecule has 0 bridgehead atoms. The first-order valence-corrected chi connectivity index (χ1v) is 8.23. The number of benzene rings is 2. The fourth-order valence-corrected chi connectivity index (χ4v) is 2.80. The van der Waals surface area contributed by atoms with Gasteiger partial charge in [0.15, 0.2) is 0 Å². The quantitative estimate of drug-likeness (QED) is 0.552. The second-order valence-corrected chi connectivity index (χ2v) is 5.82. The second-order valence-electron chi connectivity index (χ2n) is 5.82. The van der Waals surface area contributed by atoms with Crippen LogP contribution in [0.3, 0.4) is 0 Å². The number of ether oxygens (including phenoxy) is 1. The van der Waals surface area contributed by atoms with Crippen molar-refractivity contribution in [1.29, 1.82) is 0 Å². The van der Waals surface area contributed by atoms with E-state index in [0.29, 0.717) is 16.6 Å². The van der Waals surface area contributed by atoms with Crippen LogP contribution in [0.15, 0.2) is 58.1 Å². The molecular weight excluding hydrogens is 334 g/mol. The molecule has 0 atom stereocenters. The molecule has 7 heteroatoms. The Hall–Kier alpha value is -3.35. The topological polar surface area (TPSA) is 96.3 Å². The van der Waals surface area contributed by atoms with Crippen molar-refractivity contribution in [2.45, 2.75) is 20.0 Å². The van der Waals surface area contributed by atoms with Gasteiger partial charge in [0, 0.05) is 5.69 Å². The molecule has 0 aliphatic heterocycles. The van der Waals surface area contributed by atoms with Crippen LogP contribution >= 0.6 is 0 Å². The smallest absolute Gasteiger partial charge is 0.332 e. The summed E-state index contributed by atoms with van der Waals surface area (Å²) in [6.07, 6.45) is 0. The van der Waals surface area contributed by atoms with Gasteiger partial charge in [-0.3, -0.25) is 18.7 Å². The normalized spacial score (nSPS) is 10.8. The summed E-state index contributed by atoms with van der Waals surface area (Å²) in [7, 11) is 0. The molecule has 2 N–H and O–H groups in total. The lowest BCUT2D eigenvalue weighted by Crippen LogP contribution is -2.41. The largest absolute Gasteiger partial charge is 0.465 e. The molecule has 0 radical (unpaired) electrons. The van der Waals surface area contributed by atoms with E-state index in [1.54, 1.807) is 55.5 Å². The molecule has 0 unspecified atom stereocenters. The van der Waals surface area contributed by atoms with E-state index in [1.165, 1.54) is 4.57 Å². The molecular formula is C19H19N3O4. The fourth-order valence-electron chi connectivity index (χ4n) is 2.80. The van der Waals surface area contributed by atoms with Gasteiger partial charge < -0.3 is 10.5 Å². The summed E-state index contributed by atoms with van der Waals surface area (Å²) < 4.78 is 7.34. The fraction of sp³-hybridized carbons (Fsp3) is 0.211. The van der Waals surface area contributed by atoms with Crippen molar-refractivity contribution in [3.63, 3.8) is 0 Å². The van der Waals surface area contributed by atoms with Crippen molar-refractivity contribution in [2.75, 3.05) is 12.3 Å². The molecule has 134 valence electrons. The number of rotatable bonds is 5. The molecule has 0 saturated carbocycles. The first-order chi connectivity index (χ1) is 12.5. The van der Waals surface area contributed by atoms with Gasteiger partial charge in [0.1, 0.15) is 6.54 Å². The molecule has 2 aromatic carbocycles. The van der Waals surface area contributed by atoms with Gasteiger partial charge in [0.05, 0.1) is 24.1 Å². The molecule has 0 amide bonds. The SMILES string of the molecule is CCOC(=O)Cn1c(=O)n(Cc2ccc(N)cc2)c(=O)c2ccccc21. The Labute approximate surface area is 149 Å². The summed E-state index contributed by atoms with van der Waals surface area (Å²) in [6.45, 7) is 1.75. The summed E-state index contributed by atoms with van der Waals surface area (Å²) in [4.78, 5) is 37.6. The minimum atomic E-state index is -0.557. The molecule has 7 nitrogen and oxygen atoms in total. The van der Waals surface area contributed by atoms with Crippen LogP contribution in [0.1, 0.15) is 12.5 Å². The van der Waals surface area contributed by atoms with Gasteiger partial charge in [-0.1, -0.05) is 24.3 Å². The first kappa shape index (κ1) is 17.5. The standard InChI is InChI=1S/C19H19N3O4/c1-2-26-17(23)12-21-16-6-4-3-5-15(16)18(24)22(19(21)25)11-13-7-9-14(20)10-8-13/h3-10H,2,11-12,20H2,1H3. The first-order valence-electron chi connectivity index (χ1n) is 8.23. The van der Waals surface area contributed by atoms with Gasteiger partial charge >= 0.3 is 11.7 Å². The lowest BCUT2D eigenvalue weighted by atomic mass is 10.2. The molecule has 0 saturated heterocycles. The predicted molar refractivity (Wildman–Crippen MR) is 99.1 cm³/mol. The molecule has 1 heterocycles. The Bertz CT molecular complexity index is 1060. The maximum absolute atomic E-state index is 12.9. The van der Waals surface area contributed by atoms with E-state index >= 15 is 0 Å². The van der Waals surface area contributed by atoms with Crippen LogP contribution in [0.5, 0.6) is 0 Å². The van der Waals surface area contributed by atoms with Gasteiger partial charge in [-0.2, -0.15) is 0 Å². The molecule has 3 rings (SSSR count). The number of carbonyl (C=O) groups is 1. The number of esters is 1. The Morgan fingerprint density at radius 1 is 1.04 bits per heavy atom. The van der Waals surface area contributed by atoms with Crippen molar-refractivity contribution in [2.24, 2.45) is 0 Å². The number of nitrogens with two attached hydrogens (primary N) is 1. The Morgan fingerprint density at radius 3 is 2.42 bits per heavy atom. The molecule has 1 aromatic heterocycles. The second kappa shape index (κ2) is 7.26. The summed E-state index contributed by atoms with van der Waals surface area (Å²) in [5.41, 5.74) is 6.48. The van der Waals surface area contributed by atoms with Crippen molar-refractivity contribution in [3.05, 3.63) is 74.9 Å². The maximum Gasteiger partial charge on any atom is 0.332 e. The number of carbonyl (C=O) groups excluding carboxylic acids is 1. The Morgan fingerprint density at radius 2 is 1.73 bits per heavy atom. The number of nitrogens with zero attached hydrogens (tertiary/aromatic N) is 2. The van der Waals surface area contributed by atoms with E-state index in [-0.39, 0.29) is 19.7 Å². The van der Waals surface area contributed by atoms with E-state index in [2.05, 4.69) is 0 Å². The number of aromatic nitrogens is 2. The van der Waals surface area contributed by atoms with E-state index in [0.717, 1.165) is 10.1 Å². The van der Waals surface area contributed by atoms with Gasteiger partial charge in [0.25, 0.3) is 5.56 Å². The molecule has 3 aromatic rings. The summed E-state index contributed by atoms with van der Waals surface area (Å²) in [5.74, 6) is -0.530. The number of nitrogen functional groups attached to an aromatic ring is 1. The highest BCUT2D eigenvalue weighted by atomic mass is 16.5. The van der Waals surface area contributed by atoms with Gasteiger partial charge in [0.2, 0.25) is 0 Å². The molecule has 0 aliphatic carbocycles. The zero-order valence-electron chi connectivity index (χ0n) is 14.3. The van der Waals surface area contributed by atoms with Crippen molar-refractivity contribution in [3.8, 4) is 0 Å². The highest BCUT2D eigenvalue weighted by molar-refractivity contribution is 5.80. The van der Waals surface area contributed by atoms with Crippen LogP contribution in [-0.2, 0) is 22.6 Å². The minimum Gasteiger partial charge on any atom is -0.465 e. The number of hydrogen-bond acceptors (Lipinski definition) is 5. The van der Waals surface area contributed by atoms with Crippen LogP contribution in [-0.4, -0.2) is 21.7 Å². The number of para-hydroxylation sites is 1. The summed E-state index contributed by atoms with van der Waals surface area (Å²) >= 11 is 0. The maximum atomic E-state index is 12.9. The van der Waals surface area contributed by atoms with Crippen molar-refractivity contribution >= 4 is 22.6 Å². The van der Waals surface area contributed by atoms with E-state index in [4.69, 9.17) is 10.5 Å². The van der Waals surface area contributed by atoms with Crippen LogP contribution < -0.4 is 17.0 Å². The average molecular weight is 353 g/mol. The number of hydrogen-bond donors (Lipinski definition) is 1. The van der Waals surface area contributed by atoms with Gasteiger partial charge in [-0.05, 0) is 36.8 Å².